The van der Waals surface area contributed by atoms with Crippen LogP contribution in [0.25, 0.3) is 21.9 Å². The highest BCUT2D eigenvalue weighted by Gasteiger charge is 2.37. The number of methoxy groups -OCH3 is 1. The van der Waals surface area contributed by atoms with Gasteiger partial charge >= 0.3 is 6.09 Å². The number of amides is 2. The van der Waals surface area contributed by atoms with Crippen molar-refractivity contribution in [1.82, 2.24) is 4.90 Å². The molecule has 2 amide bonds. The van der Waals surface area contributed by atoms with Gasteiger partial charge in [0.1, 0.15) is 17.1 Å². The number of ether oxygens (including phenoxy) is 4. The van der Waals surface area contributed by atoms with E-state index in [9.17, 15) is 9.59 Å². The van der Waals surface area contributed by atoms with Gasteiger partial charge < -0.3 is 28.7 Å². The number of hydrogen-bond acceptors (Lipinski definition) is 6. The number of likely N-dealkylation sites (tertiary alicyclic amines) is 1. The number of fused-ring (bicyclic) bond motifs is 2. The second-order valence-corrected chi connectivity index (χ2v) is 11.4. The van der Waals surface area contributed by atoms with Crippen LogP contribution in [0.5, 0.6) is 11.5 Å². The van der Waals surface area contributed by atoms with E-state index in [4.69, 9.17) is 18.9 Å². The molecule has 2 aliphatic rings. The summed E-state index contributed by atoms with van der Waals surface area (Å²) in [7, 11) is 1.59. The summed E-state index contributed by atoms with van der Waals surface area (Å²) in [5.74, 6) is 1.39. The van der Waals surface area contributed by atoms with Crippen molar-refractivity contribution >= 4 is 44.4 Å². The van der Waals surface area contributed by atoms with Gasteiger partial charge in [0.25, 0.3) is 5.91 Å². The maximum atomic E-state index is 12.9. The number of nitrogens with zero attached hydrogens (tertiary/aromatic N) is 2. The van der Waals surface area contributed by atoms with Crippen LogP contribution in [-0.2, 0) is 14.3 Å². The van der Waals surface area contributed by atoms with Gasteiger partial charge in [-0.2, -0.15) is 0 Å². The zero-order chi connectivity index (χ0) is 27.0. The van der Waals surface area contributed by atoms with Gasteiger partial charge in [0.2, 0.25) is 0 Å². The zero-order valence-electron chi connectivity index (χ0n) is 22.0. The van der Waals surface area contributed by atoms with Crippen LogP contribution in [-0.4, -0.2) is 62.6 Å². The molecule has 0 aromatic heterocycles. The van der Waals surface area contributed by atoms with E-state index in [2.05, 4.69) is 22.0 Å². The smallest absolute Gasteiger partial charge is 0.410 e. The first kappa shape index (κ1) is 26.3. The predicted molar refractivity (Wildman–Crippen MR) is 149 cm³/mol. The largest absolute Gasteiger partial charge is 0.482 e. The molecule has 3 aromatic carbocycles. The highest BCUT2D eigenvalue weighted by atomic mass is 79.9. The third kappa shape index (κ3) is 5.44. The van der Waals surface area contributed by atoms with Gasteiger partial charge in [-0.05, 0) is 61.4 Å². The van der Waals surface area contributed by atoms with Gasteiger partial charge in [-0.3, -0.25) is 4.79 Å². The fourth-order valence-electron chi connectivity index (χ4n) is 4.76. The lowest BCUT2D eigenvalue weighted by Crippen LogP contribution is -2.56. The monoisotopic (exact) mass is 582 g/mol. The Balaban J connectivity index is 1.41. The number of halogens is 1. The molecule has 2 heterocycles. The van der Waals surface area contributed by atoms with Gasteiger partial charge in [0, 0.05) is 42.7 Å². The Morgan fingerprint density at radius 3 is 2.61 bits per heavy atom. The van der Waals surface area contributed by atoms with E-state index in [1.165, 1.54) is 0 Å². The summed E-state index contributed by atoms with van der Waals surface area (Å²) in [5.41, 5.74) is 2.08. The fourth-order valence-corrected chi connectivity index (χ4v) is 5.31. The Hall–Kier alpha value is -3.30. The summed E-state index contributed by atoms with van der Waals surface area (Å²) in [6, 6.07) is 16.0. The lowest BCUT2D eigenvalue weighted by Gasteiger charge is -2.42. The van der Waals surface area contributed by atoms with E-state index >= 15 is 0 Å². The van der Waals surface area contributed by atoms with Crippen LogP contribution in [0.15, 0.2) is 53.0 Å². The molecule has 5 rings (SSSR count). The number of rotatable bonds is 6. The van der Waals surface area contributed by atoms with Crippen molar-refractivity contribution in [1.29, 1.82) is 0 Å². The third-order valence-electron chi connectivity index (χ3n) is 6.51. The Morgan fingerprint density at radius 1 is 1.11 bits per heavy atom. The highest BCUT2D eigenvalue weighted by molar-refractivity contribution is 9.10. The van der Waals surface area contributed by atoms with E-state index in [0.717, 1.165) is 26.4 Å². The molecule has 200 valence electrons. The maximum absolute atomic E-state index is 12.9. The molecule has 1 saturated heterocycles. The van der Waals surface area contributed by atoms with Crippen LogP contribution in [0.4, 0.5) is 10.5 Å². The number of carbonyl (C=O) groups is 2. The molecule has 0 unspecified atom stereocenters. The van der Waals surface area contributed by atoms with Crippen LogP contribution < -0.4 is 14.4 Å². The first-order valence-electron chi connectivity index (χ1n) is 12.5. The summed E-state index contributed by atoms with van der Waals surface area (Å²) < 4.78 is 23.0. The lowest BCUT2D eigenvalue weighted by molar-refractivity contribution is -0.121. The van der Waals surface area contributed by atoms with Gasteiger partial charge in [-0.1, -0.05) is 40.2 Å². The number of hydrogen-bond donors (Lipinski definition) is 0. The molecule has 8 nitrogen and oxygen atoms in total. The molecule has 0 N–H and O–H groups in total. The average molecular weight is 583 g/mol. The minimum atomic E-state index is -0.536. The summed E-state index contributed by atoms with van der Waals surface area (Å²) in [4.78, 5) is 28.6. The fraction of sp³-hybridized carbons (Fsp3) is 0.379. The van der Waals surface area contributed by atoms with Crippen molar-refractivity contribution in [2.24, 2.45) is 5.92 Å². The number of benzene rings is 3. The molecule has 0 radical (unpaired) electrons. The van der Waals surface area contributed by atoms with Gasteiger partial charge in [-0.25, -0.2) is 4.79 Å². The Kier molecular flexibility index (Phi) is 7.24. The second kappa shape index (κ2) is 10.5. The molecule has 1 fully saturated rings. The Bertz CT molecular complexity index is 1380. The minimum absolute atomic E-state index is 0.0334. The predicted octanol–water partition coefficient (Wildman–Crippen LogP) is 5.84. The molecule has 0 bridgehead atoms. The second-order valence-electron chi connectivity index (χ2n) is 10.6. The van der Waals surface area contributed by atoms with Crippen LogP contribution in [0.2, 0.25) is 0 Å². The molecule has 0 spiro atoms. The van der Waals surface area contributed by atoms with Crippen molar-refractivity contribution in [3.63, 3.8) is 0 Å². The van der Waals surface area contributed by atoms with Crippen LogP contribution in [0.1, 0.15) is 20.8 Å². The van der Waals surface area contributed by atoms with Gasteiger partial charge in [0.05, 0.1) is 5.69 Å². The first-order valence-corrected chi connectivity index (χ1v) is 13.3. The van der Waals surface area contributed by atoms with E-state index in [0.29, 0.717) is 36.8 Å². The Morgan fingerprint density at radius 2 is 1.87 bits per heavy atom. The molecule has 2 aliphatic heterocycles. The molecule has 0 atom stereocenters. The van der Waals surface area contributed by atoms with E-state index in [1.54, 1.807) is 16.9 Å². The maximum Gasteiger partial charge on any atom is 0.410 e. The SMILES string of the molecule is COCOc1cc(-c2cc3c(cc2Br)N(CC2CN(C(=O)OC(C)(C)C)C2)C(=O)CO3)c2ccccc2c1. The van der Waals surface area contributed by atoms with E-state index < -0.39 is 5.60 Å². The van der Waals surface area contributed by atoms with Crippen molar-refractivity contribution in [3.8, 4) is 22.6 Å². The Labute approximate surface area is 230 Å². The normalized spacial score (nSPS) is 15.7. The lowest BCUT2D eigenvalue weighted by atomic mass is 9.96. The quantitative estimate of drug-likeness (QED) is 0.339. The molecule has 0 aliphatic carbocycles. The first-order chi connectivity index (χ1) is 18.1. The van der Waals surface area contributed by atoms with Crippen molar-refractivity contribution in [3.05, 3.63) is 53.0 Å². The van der Waals surface area contributed by atoms with Crippen LogP contribution in [0, 0.1) is 5.92 Å². The molecule has 9 heteroatoms. The average Bonchev–Trinajstić information content (AvgIpc) is 2.84. The molecular formula is C29H31BrN2O6. The summed E-state index contributed by atoms with van der Waals surface area (Å²) in [6.45, 7) is 7.27. The van der Waals surface area contributed by atoms with Crippen molar-refractivity contribution in [2.45, 2.75) is 26.4 Å². The number of carbonyl (C=O) groups excluding carboxylic acids is 2. The standard InChI is InChI=1S/C29H31BrN2O6/c1-29(2,3)38-28(34)31-13-18(14-31)15-32-25-12-24(30)23(11-26(25)36-16-27(32)33)22-10-20(37-17-35-4)9-19-7-5-6-8-21(19)22/h5-12,18H,13-17H2,1-4H3. The topological polar surface area (TPSA) is 77.5 Å². The molecule has 0 saturated carbocycles. The highest BCUT2D eigenvalue weighted by Crippen LogP contribution is 2.44. The van der Waals surface area contributed by atoms with Crippen LogP contribution >= 0.6 is 15.9 Å². The zero-order valence-corrected chi connectivity index (χ0v) is 23.5. The third-order valence-corrected chi connectivity index (χ3v) is 7.17. The van der Waals surface area contributed by atoms with Gasteiger partial charge in [-0.15, -0.1) is 0 Å². The molecule has 3 aromatic rings. The van der Waals surface area contributed by atoms with E-state index in [1.807, 2.05) is 63.2 Å². The van der Waals surface area contributed by atoms with Crippen molar-refractivity contribution < 1.29 is 28.5 Å². The number of anilines is 1. The summed E-state index contributed by atoms with van der Waals surface area (Å²) >= 11 is 3.75. The summed E-state index contributed by atoms with van der Waals surface area (Å²) in [6.07, 6.45) is -0.321. The van der Waals surface area contributed by atoms with Crippen LogP contribution in [0.3, 0.4) is 0 Å². The van der Waals surface area contributed by atoms with E-state index in [-0.39, 0.29) is 31.3 Å². The minimum Gasteiger partial charge on any atom is -0.482 e. The summed E-state index contributed by atoms with van der Waals surface area (Å²) in [5, 5.41) is 2.11. The molecule has 38 heavy (non-hydrogen) atoms. The van der Waals surface area contributed by atoms with Crippen molar-refractivity contribution in [2.75, 3.05) is 45.0 Å². The van der Waals surface area contributed by atoms with Gasteiger partial charge in [0.15, 0.2) is 13.4 Å². The molecular weight excluding hydrogens is 552 g/mol.